The highest BCUT2D eigenvalue weighted by Gasteiger charge is 2.48. The van der Waals surface area contributed by atoms with Crippen LogP contribution in [0.3, 0.4) is 0 Å². The number of hydrogen-bond donors (Lipinski definition) is 7. The van der Waals surface area contributed by atoms with Gasteiger partial charge in [-0.1, -0.05) is 50.3 Å². The van der Waals surface area contributed by atoms with Crippen LogP contribution in [-0.4, -0.2) is 94.6 Å². The van der Waals surface area contributed by atoms with Gasteiger partial charge in [0.25, 0.3) is 60.7 Å². The predicted octanol–water partition coefficient (Wildman–Crippen LogP) is 8.39. The van der Waals surface area contributed by atoms with Gasteiger partial charge in [-0.25, -0.2) is 4.79 Å². The van der Waals surface area contributed by atoms with Gasteiger partial charge in [0.2, 0.25) is 11.4 Å². The number of carboxylic acids is 1. The van der Waals surface area contributed by atoms with Crippen molar-refractivity contribution in [3.63, 3.8) is 0 Å². The van der Waals surface area contributed by atoms with E-state index in [-0.39, 0.29) is 78.0 Å². The molecule has 0 saturated heterocycles. The van der Waals surface area contributed by atoms with Gasteiger partial charge in [-0.15, -0.1) is 0 Å². The Labute approximate surface area is 458 Å². The molecule has 0 amide bonds. The first-order chi connectivity index (χ1) is 36.8. The predicted molar refractivity (Wildman–Crippen MR) is 293 cm³/mol. The standard InChI is InChI=1S/C52H42N2O20S6/c1-51(2)46(53(32-7-5-9-34(23-32)75(57,58)59)42-19-17-38-40(48(42)51)25-36(77(63,64)65)27-44(38)79(69,70)71)21-15-30(29-11-13-31(14-12-29)50(55)56)16-22-47-52(3,4)49-41-26-37(78(66,67)68)28-45(80(72,73)74)39(41)18-20-43(49)54(47)33-8-6-10-35(24-33)76(60,61)62/h5-28H,1-4H3,(H6-,55,56,57,58,59,60,61,62,63,64,65,66,67,68,69,70,71,72,73,74)/p+1. The third-order valence-electron chi connectivity index (χ3n) is 13.8. The van der Waals surface area contributed by atoms with Gasteiger partial charge in [0, 0.05) is 57.4 Å². The van der Waals surface area contributed by atoms with E-state index >= 15 is 0 Å². The summed E-state index contributed by atoms with van der Waals surface area (Å²) in [4.78, 5) is 8.93. The summed E-state index contributed by atoms with van der Waals surface area (Å²) in [5.74, 6) is -1.28. The molecule has 0 aromatic heterocycles. The maximum Gasteiger partial charge on any atom is 0.335 e. The zero-order valence-corrected chi connectivity index (χ0v) is 46.5. The summed E-state index contributed by atoms with van der Waals surface area (Å²) in [5, 5.41) is 9.30. The second-order valence-electron chi connectivity index (χ2n) is 19.5. The molecule has 0 unspecified atom stereocenters. The number of carboxylic acid groups (broad SMARTS) is 1. The molecule has 0 saturated carbocycles. The van der Waals surface area contributed by atoms with E-state index in [9.17, 15) is 87.7 Å². The van der Waals surface area contributed by atoms with Crippen LogP contribution in [0.25, 0.3) is 27.1 Å². The summed E-state index contributed by atoms with van der Waals surface area (Å²) < 4.78 is 215. The lowest BCUT2D eigenvalue weighted by Gasteiger charge is -2.27. The van der Waals surface area contributed by atoms with E-state index in [4.69, 9.17) is 0 Å². The third-order valence-corrected chi connectivity index (χ3v) is 18.9. The Kier molecular flexibility index (Phi) is 13.7. The molecule has 7 aromatic carbocycles. The average Bonchev–Trinajstić information content (AvgIpc) is 3.74. The van der Waals surface area contributed by atoms with Gasteiger partial charge in [-0.2, -0.15) is 55.1 Å². The van der Waals surface area contributed by atoms with Crippen LogP contribution < -0.4 is 9.48 Å². The largest absolute Gasteiger partial charge is 0.478 e. The number of aromatic carboxylic acids is 1. The Morgan fingerprint density at radius 1 is 0.500 bits per heavy atom. The second kappa shape index (κ2) is 19.2. The topological polar surface area (TPSA) is 370 Å². The fraction of sp³-hybridized carbons (Fsp3) is 0.115. The molecule has 0 atom stereocenters. The van der Waals surface area contributed by atoms with Crippen LogP contribution in [0.15, 0.2) is 181 Å². The Balaban J connectivity index is 1.36. The normalized spacial score (nSPS) is 16.5. The summed E-state index contributed by atoms with van der Waals surface area (Å²) in [6.07, 6.45) is 6.16. The fourth-order valence-electron chi connectivity index (χ4n) is 10.3. The number of carbonyl (C=O) groups is 1. The van der Waals surface area contributed by atoms with Crippen LogP contribution in [0, 0.1) is 0 Å². The van der Waals surface area contributed by atoms with Crippen molar-refractivity contribution in [1.29, 1.82) is 0 Å². The van der Waals surface area contributed by atoms with Gasteiger partial charge in [0.15, 0.2) is 5.71 Å². The number of benzene rings is 7. The number of fused-ring (bicyclic) bond motifs is 6. The zero-order valence-electron chi connectivity index (χ0n) is 41.6. The van der Waals surface area contributed by atoms with Gasteiger partial charge in [0.05, 0.1) is 31.4 Å². The molecule has 9 rings (SSSR count). The van der Waals surface area contributed by atoms with Crippen LogP contribution in [0.5, 0.6) is 0 Å². The summed E-state index contributed by atoms with van der Waals surface area (Å²) >= 11 is 0. The quantitative estimate of drug-likeness (QED) is 0.0323. The van der Waals surface area contributed by atoms with E-state index in [1.807, 2.05) is 0 Å². The minimum absolute atomic E-state index is 0.0834. The van der Waals surface area contributed by atoms with E-state index in [0.29, 0.717) is 17.7 Å². The van der Waals surface area contributed by atoms with Gasteiger partial charge >= 0.3 is 5.97 Å². The number of nitrogens with zero attached hydrogens (tertiary/aromatic N) is 2. The highest BCUT2D eigenvalue weighted by molar-refractivity contribution is 7.87. The first kappa shape index (κ1) is 57.4. The van der Waals surface area contributed by atoms with E-state index in [1.54, 1.807) is 39.8 Å². The monoisotopic (exact) mass is 1210 g/mol. The lowest BCUT2D eigenvalue weighted by molar-refractivity contribution is 0.0696. The summed E-state index contributed by atoms with van der Waals surface area (Å²) in [6, 6.07) is 24.0. The number of rotatable bonds is 13. The van der Waals surface area contributed by atoms with Crippen molar-refractivity contribution in [2.45, 2.75) is 67.9 Å². The van der Waals surface area contributed by atoms with Crippen molar-refractivity contribution in [1.82, 2.24) is 4.58 Å². The number of hydrogen-bond acceptors (Lipinski definition) is 14. The Morgan fingerprint density at radius 3 is 1.50 bits per heavy atom. The fourth-order valence-corrected chi connectivity index (χ4v) is 14.0. The lowest BCUT2D eigenvalue weighted by Crippen LogP contribution is -2.28. The van der Waals surface area contributed by atoms with Crippen molar-refractivity contribution < 1.29 is 87.7 Å². The van der Waals surface area contributed by atoms with E-state index < -0.39 is 107 Å². The van der Waals surface area contributed by atoms with Gasteiger partial charge in [-0.3, -0.25) is 27.3 Å². The van der Waals surface area contributed by atoms with Crippen LogP contribution in [0.1, 0.15) is 54.7 Å². The molecule has 0 aliphatic carbocycles. The highest BCUT2D eigenvalue weighted by Crippen LogP contribution is 2.55. The molecule has 0 spiro atoms. The molecular formula is C52H43N2O20S6+. The average molecular weight is 1210 g/mol. The van der Waals surface area contributed by atoms with Crippen LogP contribution >= 0.6 is 0 Å². The van der Waals surface area contributed by atoms with Crippen LogP contribution in [-0.2, 0) is 71.5 Å². The summed E-state index contributed by atoms with van der Waals surface area (Å²) in [5.41, 5.74) is -0.946. The Hall–Kier alpha value is -7.32. The maximum atomic E-state index is 12.8. The number of allylic oxidation sites excluding steroid dienone is 6. The van der Waals surface area contributed by atoms with Gasteiger partial charge in [-0.05, 0) is 126 Å². The molecule has 7 aromatic rings. The molecule has 0 radical (unpaired) electrons. The first-order valence-corrected chi connectivity index (χ1v) is 31.6. The molecule has 416 valence electrons. The third kappa shape index (κ3) is 10.3. The van der Waals surface area contributed by atoms with E-state index in [0.717, 1.165) is 36.4 Å². The summed E-state index contributed by atoms with van der Waals surface area (Å²) in [7, 11) is -30.4. The Bertz CT molecular complexity index is 4780. The SMILES string of the molecule is CC1(C)C(/C=C/C(=C/C=C2/N(c3cccc(S(=O)(=O)O)c3)c3ccc4c(S(=O)(=O)O)cc(S(=O)(=O)O)cc4c3C2(C)C)c2ccc(C(=O)O)cc2)=[N+](c2cccc(S(=O)(=O)O)c2)c2ccc3c(S(=O)(=O)O)cc(S(=O)(=O)O)cc3c21. The van der Waals surface area contributed by atoms with Crippen LogP contribution in [0.2, 0.25) is 0 Å². The molecule has 2 aliphatic rings. The first-order valence-electron chi connectivity index (χ1n) is 23.0. The minimum Gasteiger partial charge on any atom is -0.478 e. The molecule has 0 bridgehead atoms. The van der Waals surface area contributed by atoms with E-state index in [1.165, 1.54) is 94.4 Å². The maximum absolute atomic E-state index is 12.8. The van der Waals surface area contributed by atoms with Crippen molar-refractivity contribution in [2.75, 3.05) is 4.90 Å². The highest BCUT2D eigenvalue weighted by atomic mass is 32.2. The molecule has 2 heterocycles. The second-order valence-corrected chi connectivity index (χ2v) is 28.0. The van der Waals surface area contributed by atoms with Crippen molar-refractivity contribution >= 4 is 122 Å². The van der Waals surface area contributed by atoms with E-state index in [2.05, 4.69) is 0 Å². The molecule has 2 aliphatic heterocycles. The molecule has 0 fully saturated rings. The summed E-state index contributed by atoms with van der Waals surface area (Å²) in [6.45, 7) is 6.56. The van der Waals surface area contributed by atoms with Crippen molar-refractivity contribution in [3.8, 4) is 0 Å². The lowest BCUT2D eigenvalue weighted by atomic mass is 9.78. The Morgan fingerprint density at radius 2 is 0.988 bits per heavy atom. The number of anilines is 2. The molecule has 7 N–H and O–H groups in total. The van der Waals surface area contributed by atoms with Gasteiger partial charge < -0.3 is 10.0 Å². The van der Waals surface area contributed by atoms with Crippen LogP contribution in [0.4, 0.5) is 22.7 Å². The minimum atomic E-state index is -5.19. The molecule has 80 heavy (non-hydrogen) atoms. The van der Waals surface area contributed by atoms with Crippen molar-refractivity contribution in [2.24, 2.45) is 0 Å². The zero-order chi connectivity index (χ0) is 58.8. The van der Waals surface area contributed by atoms with Crippen molar-refractivity contribution in [3.05, 3.63) is 174 Å². The molecule has 22 nitrogen and oxygen atoms in total. The van der Waals surface area contributed by atoms with Gasteiger partial charge in [0.1, 0.15) is 14.7 Å². The molecule has 28 heteroatoms. The molecular weight excluding hydrogens is 1160 g/mol. The smallest absolute Gasteiger partial charge is 0.335 e.